The van der Waals surface area contributed by atoms with Crippen LogP contribution >= 0.6 is 23.1 Å². The molecule has 1 amide bonds. The molecule has 0 aliphatic carbocycles. The molecular formula is C24H18N4O2S2Se. The zero-order valence-corrected chi connectivity index (χ0v) is 20.9. The fraction of sp³-hybridized carbons (Fsp3) is 0.0833. The molecule has 33 heavy (non-hydrogen) atoms. The first-order valence-corrected chi connectivity index (χ1v) is 13.5. The van der Waals surface area contributed by atoms with E-state index in [9.17, 15) is 9.59 Å². The van der Waals surface area contributed by atoms with Crippen LogP contribution in [0.4, 0.5) is 5.69 Å². The summed E-state index contributed by atoms with van der Waals surface area (Å²) in [6.45, 7) is 1.97. The Morgan fingerprint density at radius 1 is 1.03 bits per heavy atom. The topological polar surface area (TPSA) is 76.9 Å². The molecule has 0 aliphatic rings. The van der Waals surface area contributed by atoms with E-state index in [-0.39, 0.29) is 26.2 Å². The summed E-state index contributed by atoms with van der Waals surface area (Å²) in [6.07, 6.45) is 0. The van der Waals surface area contributed by atoms with E-state index in [0.29, 0.717) is 16.4 Å². The maximum atomic E-state index is 12.6. The van der Waals surface area contributed by atoms with Crippen molar-refractivity contribution in [2.45, 2.75) is 17.0 Å². The molecule has 0 fully saturated rings. The van der Waals surface area contributed by atoms with Gasteiger partial charge in [-0.1, -0.05) is 18.2 Å². The molecule has 0 saturated heterocycles. The fourth-order valence-electron chi connectivity index (χ4n) is 3.25. The Morgan fingerprint density at radius 2 is 1.79 bits per heavy atom. The summed E-state index contributed by atoms with van der Waals surface area (Å²) >= 11 is 2.89. The molecule has 5 rings (SSSR count). The number of fused-ring (bicyclic) bond motifs is 1. The van der Waals surface area contributed by atoms with Crippen molar-refractivity contribution in [3.8, 4) is 5.13 Å². The Labute approximate surface area is 204 Å². The second-order valence-electron chi connectivity index (χ2n) is 7.29. The number of rotatable bonds is 6. The molecule has 1 N–H and O–H groups in total. The van der Waals surface area contributed by atoms with Gasteiger partial charge in [0, 0.05) is 5.69 Å². The molecule has 0 unspecified atom stereocenters. The Kier molecular flexibility index (Phi) is 6.28. The Balaban J connectivity index is 1.23. The zero-order valence-electron chi connectivity index (χ0n) is 17.5. The summed E-state index contributed by atoms with van der Waals surface area (Å²) in [5.41, 5.74) is 3.53. The summed E-state index contributed by atoms with van der Waals surface area (Å²) in [7, 11) is 0. The van der Waals surface area contributed by atoms with Crippen LogP contribution in [-0.4, -0.2) is 34.4 Å². The van der Waals surface area contributed by atoms with E-state index in [1.807, 2.05) is 79.7 Å². The summed E-state index contributed by atoms with van der Waals surface area (Å²) in [5, 5.41) is 12.9. The predicted molar refractivity (Wildman–Crippen MR) is 135 cm³/mol. The normalized spacial score (nSPS) is 11.1. The summed E-state index contributed by atoms with van der Waals surface area (Å²) in [6, 6.07) is 23.0. The Morgan fingerprint density at radius 3 is 2.58 bits per heavy atom. The van der Waals surface area contributed by atoms with Gasteiger partial charge in [0.2, 0.25) is 0 Å². The van der Waals surface area contributed by atoms with Gasteiger partial charge in [-0.3, -0.25) is 0 Å². The van der Waals surface area contributed by atoms with Gasteiger partial charge in [-0.15, -0.1) is 0 Å². The van der Waals surface area contributed by atoms with Gasteiger partial charge < -0.3 is 0 Å². The standard InChI is InChI=1S/C24H18N4O2S2Se/c1-15-6-2-4-8-19(15)25-21(29)17-12-10-16(11-13-17)14-31-24-27-26-23(32-24)28-22(30)18-7-3-5-9-20(18)33-28/h2-13H,14H2,1H3,(H,25,29). The van der Waals surface area contributed by atoms with Gasteiger partial charge in [0.1, 0.15) is 0 Å². The van der Waals surface area contributed by atoms with Gasteiger partial charge in [-0.05, 0) is 18.6 Å². The van der Waals surface area contributed by atoms with Crippen LogP contribution in [0.3, 0.4) is 0 Å². The van der Waals surface area contributed by atoms with Gasteiger partial charge >= 0.3 is 162 Å². The number of carbonyl (C=O) groups is 1. The van der Waals surface area contributed by atoms with Crippen LogP contribution in [0.15, 0.2) is 81.9 Å². The van der Waals surface area contributed by atoms with Gasteiger partial charge in [0.05, 0.1) is 0 Å². The molecule has 5 aromatic rings. The third-order valence-corrected chi connectivity index (χ3v) is 9.66. The van der Waals surface area contributed by atoms with Crippen molar-refractivity contribution in [3.63, 3.8) is 0 Å². The van der Waals surface area contributed by atoms with E-state index in [4.69, 9.17) is 0 Å². The van der Waals surface area contributed by atoms with Crippen molar-refractivity contribution in [3.05, 3.63) is 99.8 Å². The molecule has 9 heteroatoms. The number of hydrogen-bond acceptors (Lipinski definition) is 6. The van der Waals surface area contributed by atoms with E-state index in [1.165, 1.54) is 11.3 Å². The summed E-state index contributed by atoms with van der Waals surface area (Å²) < 4.78 is 3.62. The minimum absolute atomic E-state index is 0.00198. The number of amides is 1. The number of para-hydroxylation sites is 1. The number of thioether (sulfide) groups is 1. The molecule has 0 bridgehead atoms. The maximum absolute atomic E-state index is 12.6. The van der Waals surface area contributed by atoms with Crippen molar-refractivity contribution in [2.24, 2.45) is 0 Å². The number of nitrogens with one attached hydrogen (secondary N) is 1. The molecule has 0 aliphatic heterocycles. The average molecular weight is 538 g/mol. The first kappa shape index (κ1) is 21.9. The van der Waals surface area contributed by atoms with Gasteiger partial charge in [-0.2, -0.15) is 0 Å². The van der Waals surface area contributed by atoms with E-state index >= 15 is 0 Å². The molecule has 0 spiro atoms. The van der Waals surface area contributed by atoms with E-state index in [2.05, 4.69) is 15.5 Å². The second kappa shape index (κ2) is 9.49. The van der Waals surface area contributed by atoms with Crippen LogP contribution in [0.5, 0.6) is 0 Å². The average Bonchev–Trinajstić information content (AvgIpc) is 3.44. The van der Waals surface area contributed by atoms with Crippen LogP contribution < -0.4 is 10.9 Å². The quantitative estimate of drug-likeness (QED) is 0.250. The third kappa shape index (κ3) is 4.72. The molecule has 2 heterocycles. The fourth-order valence-corrected chi connectivity index (χ4v) is 7.24. The van der Waals surface area contributed by atoms with E-state index in [0.717, 1.165) is 30.8 Å². The molecule has 3 aromatic carbocycles. The second-order valence-corrected chi connectivity index (χ2v) is 11.5. The van der Waals surface area contributed by atoms with Crippen molar-refractivity contribution < 1.29 is 4.79 Å². The molecule has 2 aromatic heterocycles. The molecule has 0 radical (unpaired) electrons. The first-order valence-electron chi connectivity index (χ1n) is 10.1. The number of aromatic nitrogens is 3. The molecular weight excluding hydrogens is 519 g/mol. The number of carbonyl (C=O) groups excluding carboxylic acids is 1. The van der Waals surface area contributed by atoms with Crippen LogP contribution in [0.2, 0.25) is 0 Å². The molecule has 0 saturated carbocycles. The molecule has 164 valence electrons. The molecule has 0 atom stereocenters. The van der Waals surface area contributed by atoms with E-state index < -0.39 is 0 Å². The summed E-state index contributed by atoms with van der Waals surface area (Å²) in [5.74, 6) is 0.573. The minimum atomic E-state index is -0.129. The third-order valence-electron chi connectivity index (χ3n) is 5.03. The van der Waals surface area contributed by atoms with Gasteiger partial charge in [0.25, 0.3) is 0 Å². The number of aryl methyl sites for hydroxylation is 1. The van der Waals surface area contributed by atoms with Crippen LogP contribution in [0, 0.1) is 6.92 Å². The van der Waals surface area contributed by atoms with Crippen LogP contribution in [0.1, 0.15) is 21.5 Å². The van der Waals surface area contributed by atoms with Crippen molar-refractivity contribution in [1.82, 2.24) is 13.8 Å². The predicted octanol–water partition coefficient (Wildman–Crippen LogP) is 4.75. The van der Waals surface area contributed by atoms with E-state index in [1.54, 1.807) is 15.3 Å². The number of nitrogens with zero attached hydrogens (tertiary/aromatic N) is 3. The van der Waals surface area contributed by atoms with Crippen LogP contribution in [0.25, 0.3) is 14.8 Å². The van der Waals surface area contributed by atoms with Crippen molar-refractivity contribution >= 4 is 59.1 Å². The van der Waals surface area contributed by atoms with Crippen molar-refractivity contribution in [2.75, 3.05) is 5.32 Å². The zero-order chi connectivity index (χ0) is 22.8. The number of hydrogen-bond donors (Lipinski definition) is 1. The molecule has 6 nitrogen and oxygen atoms in total. The van der Waals surface area contributed by atoms with Crippen LogP contribution in [-0.2, 0) is 5.75 Å². The van der Waals surface area contributed by atoms with Crippen molar-refractivity contribution in [1.29, 1.82) is 0 Å². The summed E-state index contributed by atoms with van der Waals surface area (Å²) in [4.78, 5) is 25.2. The SMILES string of the molecule is Cc1ccccc1NC(=O)c1ccc(CSc2nnc(-n3[se]c4ccccc4c3=O)s2)cc1. The first-order chi connectivity index (χ1) is 16.1. The monoisotopic (exact) mass is 538 g/mol. The number of anilines is 1. The Bertz CT molecular complexity index is 1500. The van der Waals surface area contributed by atoms with Gasteiger partial charge in [0.15, 0.2) is 0 Å². The van der Waals surface area contributed by atoms with Gasteiger partial charge in [-0.25, -0.2) is 0 Å². The number of benzene rings is 3. The Hall–Kier alpha value is -2.97.